The molecule has 1 aliphatic carbocycles. The van der Waals surface area contributed by atoms with Crippen LogP contribution in [0.3, 0.4) is 0 Å². The zero-order valence-corrected chi connectivity index (χ0v) is 32.7. The highest BCUT2D eigenvalue weighted by atomic mass is 15.1. The molecule has 0 amide bonds. The third-order valence-corrected chi connectivity index (χ3v) is 12.4. The van der Waals surface area contributed by atoms with E-state index in [1.54, 1.807) is 0 Å². The Kier molecular flexibility index (Phi) is 9.88. The van der Waals surface area contributed by atoms with Gasteiger partial charge in [0.15, 0.2) is 0 Å². The van der Waals surface area contributed by atoms with Gasteiger partial charge in [0.05, 0.1) is 0 Å². The van der Waals surface area contributed by atoms with Gasteiger partial charge in [0.2, 0.25) is 0 Å². The van der Waals surface area contributed by atoms with Crippen molar-refractivity contribution < 1.29 is 0 Å². The van der Waals surface area contributed by atoms with Gasteiger partial charge in [-0.1, -0.05) is 153 Å². The number of anilines is 4. The molecule has 1 fully saturated rings. The first kappa shape index (κ1) is 35.6. The average Bonchev–Trinajstić information content (AvgIpc) is 3.55. The van der Waals surface area contributed by atoms with Crippen LogP contribution < -0.4 is 9.80 Å². The normalized spacial score (nSPS) is 14.4. The maximum Gasteiger partial charge on any atom is 0.0465 e. The molecule has 7 aromatic rings. The summed E-state index contributed by atoms with van der Waals surface area (Å²) in [5.74, 6) is 0. The quantitative estimate of drug-likeness (QED) is 0.130. The molecule has 7 aromatic carbocycles. The first-order chi connectivity index (χ1) is 27.6. The van der Waals surface area contributed by atoms with Crippen LogP contribution in [0.5, 0.6) is 0 Å². The van der Waals surface area contributed by atoms with Gasteiger partial charge in [-0.25, -0.2) is 0 Å². The Labute approximate surface area is 333 Å². The number of rotatable bonds is 10. The van der Waals surface area contributed by atoms with Gasteiger partial charge >= 0.3 is 0 Å². The molecule has 2 nitrogen and oxygen atoms in total. The minimum Gasteiger partial charge on any atom is -0.371 e. The Hall–Kier alpha value is -6.12. The molecular weight excluding hydrogens is 677 g/mol. The minimum absolute atomic E-state index is 0.0483. The van der Waals surface area contributed by atoms with Gasteiger partial charge < -0.3 is 9.80 Å². The summed E-state index contributed by atoms with van der Waals surface area (Å²) in [7, 11) is 0. The van der Waals surface area contributed by atoms with Crippen LogP contribution in [0.4, 0.5) is 22.7 Å². The van der Waals surface area contributed by atoms with E-state index in [1.807, 2.05) is 0 Å². The average molecular weight is 727 g/mol. The van der Waals surface area contributed by atoms with Gasteiger partial charge in [-0.3, -0.25) is 0 Å². The van der Waals surface area contributed by atoms with Gasteiger partial charge in [-0.15, -0.1) is 0 Å². The lowest BCUT2D eigenvalue weighted by Gasteiger charge is -2.32. The molecule has 0 aromatic heterocycles. The highest BCUT2D eigenvalue weighted by Crippen LogP contribution is 2.54. The predicted octanol–water partition coefficient (Wildman–Crippen LogP) is 14.7. The molecule has 276 valence electrons. The standard InChI is InChI=1S/C54H50N2/c1-3-54(4-2)51-37-41(27-32-49(51)50-34-31-47(39-52(50)54)56(45-19-11-6-12-20-45)46-21-13-7-14-22-46)24-23-40-25-28-43(29-26-40)48-33-30-44(42-17-9-5-10-18-42)38-53(48)55-35-15-8-16-36-55/h5-7,9-14,17-34,37-39H,3-4,8,15-16,35-36H2,1-2H3/b24-23+. The van der Waals surface area contributed by atoms with Crippen LogP contribution in [0.15, 0.2) is 170 Å². The summed E-state index contributed by atoms with van der Waals surface area (Å²) in [4.78, 5) is 4.98. The van der Waals surface area contributed by atoms with Crippen LogP contribution in [0.25, 0.3) is 45.5 Å². The summed E-state index contributed by atoms with van der Waals surface area (Å²) >= 11 is 0. The topological polar surface area (TPSA) is 6.48 Å². The van der Waals surface area contributed by atoms with Gasteiger partial charge in [-0.2, -0.15) is 0 Å². The number of hydrogen-bond acceptors (Lipinski definition) is 2. The zero-order valence-electron chi connectivity index (χ0n) is 32.7. The molecule has 0 atom stereocenters. The van der Waals surface area contributed by atoms with Crippen molar-refractivity contribution in [2.75, 3.05) is 22.9 Å². The van der Waals surface area contributed by atoms with Crippen molar-refractivity contribution in [2.45, 2.75) is 51.4 Å². The molecule has 2 aliphatic rings. The maximum absolute atomic E-state index is 2.60. The molecule has 0 bridgehead atoms. The highest BCUT2D eigenvalue weighted by molar-refractivity contribution is 5.88. The Bertz CT molecular complexity index is 2410. The lowest BCUT2D eigenvalue weighted by Crippen LogP contribution is -2.29. The second-order valence-electron chi connectivity index (χ2n) is 15.4. The Morgan fingerprint density at radius 3 is 1.64 bits per heavy atom. The van der Waals surface area contributed by atoms with Crippen molar-refractivity contribution in [2.24, 2.45) is 0 Å². The first-order valence-electron chi connectivity index (χ1n) is 20.6. The van der Waals surface area contributed by atoms with Crippen LogP contribution in [-0.4, -0.2) is 13.1 Å². The van der Waals surface area contributed by atoms with E-state index in [-0.39, 0.29) is 5.41 Å². The third kappa shape index (κ3) is 6.64. The fourth-order valence-electron chi connectivity index (χ4n) is 9.31. The van der Waals surface area contributed by atoms with Gasteiger partial charge in [0.1, 0.15) is 0 Å². The van der Waals surface area contributed by atoms with E-state index in [0.717, 1.165) is 37.3 Å². The fraction of sp³-hybridized carbons (Fsp3) is 0.185. The Balaban J connectivity index is 1.01. The molecule has 0 spiro atoms. The Morgan fingerprint density at radius 1 is 0.464 bits per heavy atom. The molecule has 2 heteroatoms. The van der Waals surface area contributed by atoms with E-state index in [1.165, 1.54) is 86.3 Å². The number of hydrogen-bond donors (Lipinski definition) is 0. The monoisotopic (exact) mass is 726 g/mol. The summed E-state index contributed by atoms with van der Waals surface area (Å²) in [6, 6.07) is 62.6. The van der Waals surface area contributed by atoms with E-state index in [9.17, 15) is 0 Å². The van der Waals surface area contributed by atoms with Crippen molar-refractivity contribution in [3.05, 3.63) is 192 Å². The fourth-order valence-corrected chi connectivity index (χ4v) is 9.31. The number of benzene rings is 7. The van der Waals surface area contributed by atoms with Crippen LogP contribution >= 0.6 is 0 Å². The van der Waals surface area contributed by atoms with Crippen molar-refractivity contribution in [3.8, 4) is 33.4 Å². The number of nitrogens with zero attached hydrogens (tertiary/aromatic N) is 2. The van der Waals surface area contributed by atoms with Gasteiger partial charge in [0.25, 0.3) is 0 Å². The number of para-hydroxylation sites is 2. The molecule has 0 N–H and O–H groups in total. The van der Waals surface area contributed by atoms with Crippen LogP contribution in [-0.2, 0) is 5.41 Å². The van der Waals surface area contributed by atoms with Crippen molar-refractivity contribution >= 4 is 34.9 Å². The molecule has 1 aliphatic heterocycles. The van der Waals surface area contributed by atoms with E-state index in [0.29, 0.717) is 0 Å². The molecule has 0 unspecified atom stereocenters. The molecular formula is C54H50N2. The second kappa shape index (κ2) is 15.6. The van der Waals surface area contributed by atoms with E-state index >= 15 is 0 Å². The predicted molar refractivity (Wildman–Crippen MR) is 240 cm³/mol. The van der Waals surface area contributed by atoms with Gasteiger partial charge in [0, 0.05) is 46.8 Å². The summed E-state index contributed by atoms with van der Waals surface area (Å²) in [6.45, 7) is 6.96. The Morgan fingerprint density at radius 2 is 1.00 bits per heavy atom. The van der Waals surface area contributed by atoms with Crippen molar-refractivity contribution in [1.29, 1.82) is 0 Å². The summed E-state index contributed by atoms with van der Waals surface area (Å²) in [6.07, 6.45) is 10.5. The number of piperidine rings is 1. The van der Waals surface area contributed by atoms with Crippen LogP contribution in [0.2, 0.25) is 0 Å². The third-order valence-electron chi connectivity index (χ3n) is 12.4. The summed E-state index contributed by atoms with van der Waals surface area (Å²) in [5.41, 5.74) is 18.0. The molecule has 0 saturated carbocycles. The number of fused-ring (bicyclic) bond motifs is 3. The molecule has 1 saturated heterocycles. The van der Waals surface area contributed by atoms with Gasteiger partial charge in [-0.05, 0) is 125 Å². The highest BCUT2D eigenvalue weighted by Gasteiger charge is 2.41. The largest absolute Gasteiger partial charge is 0.371 e. The van der Waals surface area contributed by atoms with Crippen LogP contribution in [0.1, 0.15) is 68.2 Å². The lowest BCUT2D eigenvalue weighted by atomic mass is 9.73. The smallest absolute Gasteiger partial charge is 0.0465 e. The first-order valence-corrected chi connectivity index (χ1v) is 20.6. The SMILES string of the molecule is CCC1(CC)c2cc(/C=C/c3ccc(-c4ccc(-c5ccccc5)cc4N4CCCCC4)cc3)ccc2-c2ccc(N(c3ccccc3)c3ccccc3)cc21. The van der Waals surface area contributed by atoms with Crippen molar-refractivity contribution in [1.82, 2.24) is 0 Å². The van der Waals surface area contributed by atoms with E-state index < -0.39 is 0 Å². The van der Waals surface area contributed by atoms with E-state index in [4.69, 9.17) is 0 Å². The summed E-state index contributed by atoms with van der Waals surface area (Å²) in [5, 5.41) is 0. The maximum atomic E-state index is 2.60. The van der Waals surface area contributed by atoms with Crippen molar-refractivity contribution in [3.63, 3.8) is 0 Å². The minimum atomic E-state index is -0.0483. The zero-order chi connectivity index (χ0) is 37.9. The molecule has 1 heterocycles. The van der Waals surface area contributed by atoms with E-state index in [2.05, 4.69) is 206 Å². The second-order valence-corrected chi connectivity index (χ2v) is 15.4. The summed E-state index contributed by atoms with van der Waals surface area (Å²) < 4.78 is 0. The molecule has 9 rings (SSSR count). The lowest BCUT2D eigenvalue weighted by molar-refractivity contribution is 0.490. The molecule has 0 radical (unpaired) electrons. The molecule has 56 heavy (non-hydrogen) atoms. The van der Waals surface area contributed by atoms with Crippen LogP contribution in [0, 0.1) is 0 Å².